The maximum absolute atomic E-state index is 12.3. The number of hydrogen-bond acceptors (Lipinski definition) is 6. The van der Waals surface area contributed by atoms with Crippen molar-refractivity contribution in [1.29, 1.82) is 0 Å². The lowest BCUT2D eigenvalue weighted by Gasteiger charge is -2.13. The first-order chi connectivity index (χ1) is 13.3. The largest absolute Gasteiger partial charge is 0.508 e. The molecule has 148 valence electrons. The van der Waals surface area contributed by atoms with Gasteiger partial charge in [0, 0.05) is 23.4 Å². The van der Waals surface area contributed by atoms with Gasteiger partial charge in [0.15, 0.2) is 0 Å². The number of phenols is 1. The fourth-order valence-corrected chi connectivity index (χ4v) is 2.51. The number of hydrogen-bond donors (Lipinski definition) is 3. The Morgan fingerprint density at radius 3 is 2.50 bits per heavy atom. The second-order valence-corrected chi connectivity index (χ2v) is 6.16. The number of carbonyl (C=O) groups is 2. The molecule has 0 unspecified atom stereocenters. The van der Waals surface area contributed by atoms with Gasteiger partial charge in [0.05, 0.1) is 31.4 Å². The number of phenolic OH excluding ortho intramolecular Hbond substituents is 1. The van der Waals surface area contributed by atoms with E-state index in [2.05, 4.69) is 15.8 Å². The molecule has 0 saturated carbocycles. The van der Waals surface area contributed by atoms with Gasteiger partial charge in [-0.25, -0.2) is 5.43 Å². The second-order valence-electron chi connectivity index (χ2n) is 5.75. The standard InChI is InChI=1S/C19H20ClN3O5/c1-11(22-23-19(26)12-5-4-6-13(24)8-12)7-18(25)21-15-10-16(27-2)14(20)9-17(15)28-3/h4-6,8-10,24H,7H2,1-3H3,(H,21,25)(H,23,26)/b22-11-. The van der Waals surface area contributed by atoms with Crippen LogP contribution < -0.4 is 20.2 Å². The van der Waals surface area contributed by atoms with Crippen LogP contribution in [0.25, 0.3) is 0 Å². The number of amides is 2. The number of ether oxygens (including phenoxy) is 2. The zero-order valence-corrected chi connectivity index (χ0v) is 16.3. The molecular formula is C19H20ClN3O5. The van der Waals surface area contributed by atoms with Crippen LogP contribution in [0, 0.1) is 0 Å². The van der Waals surface area contributed by atoms with Gasteiger partial charge in [0.1, 0.15) is 17.2 Å². The summed E-state index contributed by atoms with van der Waals surface area (Å²) in [6.07, 6.45) is -0.0611. The van der Waals surface area contributed by atoms with E-state index in [4.69, 9.17) is 21.1 Å². The van der Waals surface area contributed by atoms with Gasteiger partial charge in [-0.05, 0) is 25.1 Å². The topological polar surface area (TPSA) is 109 Å². The number of methoxy groups -OCH3 is 2. The minimum absolute atomic E-state index is 0.0277. The molecule has 0 aliphatic heterocycles. The predicted octanol–water partition coefficient (Wildman–Crippen LogP) is 3.20. The van der Waals surface area contributed by atoms with Crippen molar-refractivity contribution >= 4 is 34.8 Å². The zero-order valence-electron chi connectivity index (χ0n) is 15.6. The van der Waals surface area contributed by atoms with Crippen LogP contribution in [0.15, 0.2) is 41.5 Å². The third-order valence-corrected chi connectivity index (χ3v) is 3.92. The van der Waals surface area contributed by atoms with Crippen molar-refractivity contribution in [2.75, 3.05) is 19.5 Å². The average molecular weight is 406 g/mol. The van der Waals surface area contributed by atoms with Crippen molar-refractivity contribution in [3.8, 4) is 17.2 Å². The van der Waals surface area contributed by atoms with Crippen LogP contribution in [0.3, 0.4) is 0 Å². The number of nitrogens with zero attached hydrogens (tertiary/aromatic N) is 1. The number of anilines is 1. The molecule has 0 aromatic heterocycles. The minimum Gasteiger partial charge on any atom is -0.508 e. The normalized spacial score (nSPS) is 10.9. The van der Waals surface area contributed by atoms with Gasteiger partial charge in [-0.1, -0.05) is 17.7 Å². The average Bonchev–Trinajstić information content (AvgIpc) is 2.66. The monoisotopic (exact) mass is 405 g/mol. The quantitative estimate of drug-likeness (QED) is 0.484. The Hall–Kier alpha value is -3.26. The van der Waals surface area contributed by atoms with Crippen LogP contribution in [0.5, 0.6) is 17.2 Å². The highest BCUT2D eigenvalue weighted by atomic mass is 35.5. The molecule has 0 aliphatic carbocycles. The van der Waals surface area contributed by atoms with Gasteiger partial charge in [0.25, 0.3) is 5.91 Å². The lowest BCUT2D eigenvalue weighted by Crippen LogP contribution is -2.21. The highest BCUT2D eigenvalue weighted by Gasteiger charge is 2.13. The van der Waals surface area contributed by atoms with Crippen LogP contribution in [0.2, 0.25) is 5.02 Å². The van der Waals surface area contributed by atoms with E-state index >= 15 is 0 Å². The van der Waals surface area contributed by atoms with Gasteiger partial charge < -0.3 is 19.9 Å². The Morgan fingerprint density at radius 2 is 1.86 bits per heavy atom. The van der Waals surface area contributed by atoms with Crippen molar-refractivity contribution in [1.82, 2.24) is 5.43 Å². The van der Waals surface area contributed by atoms with E-state index in [0.29, 0.717) is 27.9 Å². The Bertz CT molecular complexity index is 914. The molecule has 8 nitrogen and oxygen atoms in total. The van der Waals surface area contributed by atoms with Gasteiger partial charge >= 0.3 is 0 Å². The second kappa shape index (κ2) is 9.61. The van der Waals surface area contributed by atoms with Gasteiger partial charge in [-0.2, -0.15) is 5.10 Å². The van der Waals surface area contributed by atoms with Crippen LogP contribution >= 0.6 is 11.6 Å². The number of halogens is 1. The molecule has 2 aromatic carbocycles. The maximum atomic E-state index is 12.3. The van der Waals surface area contributed by atoms with Crippen LogP contribution in [-0.4, -0.2) is 36.9 Å². The molecule has 28 heavy (non-hydrogen) atoms. The third kappa shape index (κ3) is 5.62. The molecule has 2 aromatic rings. The van der Waals surface area contributed by atoms with Crippen molar-refractivity contribution in [2.45, 2.75) is 13.3 Å². The summed E-state index contributed by atoms with van der Waals surface area (Å²) >= 11 is 6.04. The molecular weight excluding hydrogens is 386 g/mol. The zero-order chi connectivity index (χ0) is 20.7. The Kier molecular flexibility index (Phi) is 7.22. The van der Waals surface area contributed by atoms with Gasteiger partial charge in [-0.15, -0.1) is 0 Å². The Balaban J connectivity index is 2.00. The molecule has 2 rings (SSSR count). The summed E-state index contributed by atoms with van der Waals surface area (Å²) in [7, 11) is 2.92. The molecule has 0 spiro atoms. The Labute approximate surface area is 167 Å². The number of nitrogens with one attached hydrogen (secondary N) is 2. The lowest BCUT2D eigenvalue weighted by atomic mass is 10.2. The van der Waals surface area contributed by atoms with Crippen molar-refractivity contribution < 1.29 is 24.2 Å². The lowest BCUT2D eigenvalue weighted by molar-refractivity contribution is -0.115. The van der Waals surface area contributed by atoms with E-state index in [9.17, 15) is 14.7 Å². The smallest absolute Gasteiger partial charge is 0.271 e. The fourth-order valence-electron chi connectivity index (χ4n) is 2.28. The molecule has 3 N–H and O–H groups in total. The number of carbonyl (C=O) groups excluding carboxylic acids is 2. The molecule has 0 bridgehead atoms. The summed E-state index contributed by atoms with van der Waals surface area (Å²) in [5.74, 6) is -0.122. The van der Waals surface area contributed by atoms with E-state index in [-0.39, 0.29) is 23.6 Å². The molecule has 0 fully saturated rings. The highest BCUT2D eigenvalue weighted by Crippen LogP contribution is 2.35. The summed E-state index contributed by atoms with van der Waals surface area (Å²) in [5.41, 5.74) is 3.36. The van der Waals surface area contributed by atoms with E-state index in [0.717, 1.165) is 0 Å². The summed E-state index contributed by atoms with van der Waals surface area (Å²) in [4.78, 5) is 24.3. The van der Waals surface area contributed by atoms with Gasteiger partial charge in [0.2, 0.25) is 5.91 Å². The van der Waals surface area contributed by atoms with Crippen LogP contribution in [-0.2, 0) is 4.79 Å². The van der Waals surface area contributed by atoms with E-state index in [1.807, 2.05) is 0 Å². The SMILES string of the molecule is COc1cc(NC(=O)C/C(C)=N\NC(=O)c2cccc(O)c2)c(OC)cc1Cl. The maximum Gasteiger partial charge on any atom is 0.271 e. The first-order valence-electron chi connectivity index (χ1n) is 8.18. The van der Waals surface area contributed by atoms with Gasteiger partial charge in [-0.3, -0.25) is 9.59 Å². The summed E-state index contributed by atoms with van der Waals surface area (Å²) < 4.78 is 10.3. The third-order valence-electron chi connectivity index (χ3n) is 3.62. The fraction of sp³-hybridized carbons (Fsp3) is 0.211. The minimum atomic E-state index is -0.500. The number of aromatic hydroxyl groups is 1. The highest BCUT2D eigenvalue weighted by molar-refractivity contribution is 6.32. The summed E-state index contributed by atoms with van der Waals surface area (Å²) in [5, 5.41) is 16.3. The molecule has 0 atom stereocenters. The van der Waals surface area contributed by atoms with E-state index in [1.165, 1.54) is 38.5 Å². The molecule has 0 radical (unpaired) electrons. The van der Waals surface area contributed by atoms with Crippen molar-refractivity contribution in [3.63, 3.8) is 0 Å². The van der Waals surface area contributed by atoms with Crippen molar-refractivity contribution in [3.05, 3.63) is 47.0 Å². The van der Waals surface area contributed by atoms with E-state index in [1.54, 1.807) is 19.1 Å². The van der Waals surface area contributed by atoms with Crippen LogP contribution in [0.4, 0.5) is 5.69 Å². The Morgan fingerprint density at radius 1 is 1.14 bits per heavy atom. The molecule has 2 amide bonds. The molecule has 0 heterocycles. The summed E-state index contributed by atoms with van der Waals surface area (Å²) in [6.45, 7) is 1.60. The first kappa shape index (κ1) is 21.0. The van der Waals surface area contributed by atoms with Crippen molar-refractivity contribution in [2.24, 2.45) is 5.10 Å². The van der Waals surface area contributed by atoms with Crippen LogP contribution in [0.1, 0.15) is 23.7 Å². The molecule has 0 aliphatic rings. The first-order valence-corrected chi connectivity index (χ1v) is 8.55. The molecule has 0 saturated heterocycles. The molecule has 9 heteroatoms. The van der Waals surface area contributed by atoms with E-state index < -0.39 is 5.91 Å². The summed E-state index contributed by atoms with van der Waals surface area (Å²) in [6, 6.07) is 8.93. The number of rotatable bonds is 7. The predicted molar refractivity (Wildman–Crippen MR) is 106 cm³/mol. The number of hydrazone groups is 1. The number of benzene rings is 2.